The lowest BCUT2D eigenvalue weighted by atomic mass is 9.37. The second kappa shape index (κ2) is 9.40. The van der Waals surface area contributed by atoms with Gasteiger partial charge in [0.25, 0.3) is 0 Å². The van der Waals surface area contributed by atoms with E-state index in [0.717, 1.165) is 23.6 Å². The van der Waals surface area contributed by atoms with Crippen LogP contribution in [0.15, 0.2) is 53.3 Å². The number of aryl methyl sites for hydroxylation is 2. The summed E-state index contributed by atoms with van der Waals surface area (Å²) in [5.41, 5.74) is -2.08. The van der Waals surface area contributed by atoms with Crippen molar-refractivity contribution in [3.8, 4) is 5.75 Å². The van der Waals surface area contributed by atoms with E-state index in [1.54, 1.807) is 26.8 Å². The van der Waals surface area contributed by atoms with Crippen LogP contribution < -0.4 is 0 Å². The van der Waals surface area contributed by atoms with Gasteiger partial charge < -0.3 is 20.4 Å². The van der Waals surface area contributed by atoms with E-state index < -0.39 is 74.5 Å². The van der Waals surface area contributed by atoms with Crippen LogP contribution in [-0.2, 0) is 20.8 Å². The lowest BCUT2D eigenvalue weighted by molar-refractivity contribution is -0.196. The van der Waals surface area contributed by atoms with Crippen LogP contribution in [-0.4, -0.2) is 43.4 Å². The maximum atomic E-state index is 14.8. The molecule has 0 radical (unpaired) electrons. The number of aliphatic hydroxyl groups is 3. The molecule has 1 saturated carbocycles. The molecule has 7 nitrogen and oxygen atoms in total. The normalized spacial score (nSPS) is 32.6. The fraction of sp³-hybridized carbons (Fsp3) is 0.457. The molecular weight excluding hydrogens is 532 g/mol. The van der Waals surface area contributed by atoms with Crippen molar-refractivity contribution in [1.82, 2.24) is 0 Å². The Bertz CT molecular complexity index is 1630. The topological polar surface area (TPSA) is 132 Å². The van der Waals surface area contributed by atoms with Gasteiger partial charge in [-0.2, -0.15) is 0 Å². The number of aromatic hydroxyl groups is 1. The Hall–Kier alpha value is -3.71. The van der Waals surface area contributed by atoms with Crippen LogP contribution >= 0.6 is 0 Å². The number of hydrogen-bond donors (Lipinski definition) is 4. The van der Waals surface area contributed by atoms with Crippen LogP contribution in [0.3, 0.4) is 0 Å². The first kappa shape index (κ1) is 29.8. The summed E-state index contributed by atoms with van der Waals surface area (Å²) in [7, 11) is 0. The van der Waals surface area contributed by atoms with Gasteiger partial charge >= 0.3 is 0 Å². The van der Waals surface area contributed by atoms with E-state index >= 15 is 0 Å². The molecule has 1 fully saturated rings. The molecule has 6 atom stereocenters. The maximum absolute atomic E-state index is 14.8. The van der Waals surface area contributed by atoms with Gasteiger partial charge in [-0.05, 0) is 73.3 Å². The van der Waals surface area contributed by atoms with Gasteiger partial charge in [0.15, 0.2) is 17.2 Å². The Morgan fingerprint density at radius 2 is 1.64 bits per heavy atom. The van der Waals surface area contributed by atoms with Gasteiger partial charge in [0, 0.05) is 22.3 Å². The molecule has 7 heteroatoms. The van der Waals surface area contributed by atoms with E-state index in [2.05, 4.69) is 6.07 Å². The summed E-state index contributed by atoms with van der Waals surface area (Å²) in [6.07, 6.45) is 0.442. The average molecular weight is 573 g/mol. The van der Waals surface area contributed by atoms with Crippen LogP contribution in [0, 0.1) is 42.4 Å². The van der Waals surface area contributed by atoms with E-state index in [9.17, 15) is 34.8 Å². The first-order valence-corrected chi connectivity index (χ1v) is 14.5. The fourth-order valence-electron chi connectivity index (χ4n) is 8.62. The Kier molecular flexibility index (Phi) is 6.66. The van der Waals surface area contributed by atoms with Gasteiger partial charge in [-0.15, -0.1) is 0 Å². The molecule has 3 aliphatic rings. The lowest BCUT2D eigenvalue weighted by Crippen LogP contribution is -2.73. The molecule has 222 valence electrons. The minimum Gasteiger partial charge on any atom is -0.508 e. The van der Waals surface area contributed by atoms with Crippen molar-refractivity contribution >= 4 is 23.1 Å². The minimum atomic E-state index is -2.66. The number of allylic oxidation sites excluding steroid dienone is 1. The van der Waals surface area contributed by atoms with Gasteiger partial charge in [-0.25, -0.2) is 0 Å². The zero-order valence-corrected chi connectivity index (χ0v) is 25.5. The molecule has 3 aliphatic carbocycles. The summed E-state index contributed by atoms with van der Waals surface area (Å²) in [4.78, 5) is 41.4. The third kappa shape index (κ3) is 3.46. The molecule has 0 heterocycles. The molecule has 0 saturated heterocycles. The van der Waals surface area contributed by atoms with Gasteiger partial charge in [0.2, 0.25) is 5.78 Å². The summed E-state index contributed by atoms with van der Waals surface area (Å²) in [5.74, 6) is -6.47. The van der Waals surface area contributed by atoms with Crippen LogP contribution in [0.5, 0.6) is 5.75 Å². The number of hydrogen-bond acceptors (Lipinski definition) is 7. The lowest BCUT2D eigenvalue weighted by Gasteiger charge is -2.65. The van der Waals surface area contributed by atoms with Gasteiger partial charge in [-0.1, -0.05) is 65.0 Å². The molecule has 0 amide bonds. The molecule has 0 bridgehead atoms. The fourth-order valence-corrected chi connectivity index (χ4v) is 8.62. The predicted molar refractivity (Wildman–Crippen MR) is 159 cm³/mol. The number of rotatable bonds is 4. The van der Waals surface area contributed by atoms with Crippen molar-refractivity contribution in [3.05, 3.63) is 81.1 Å². The molecule has 2 aromatic rings. The van der Waals surface area contributed by atoms with Crippen LogP contribution in [0.2, 0.25) is 0 Å². The van der Waals surface area contributed by atoms with Crippen molar-refractivity contribution in [2.45, 2.75) is 73.3 Å². The van der Waals surface area contributed by atoms with Gasteiger partial charge in [-0.3, -0.25) is 14.4 Å². The second-order valence-electron chi connectivity index (χ2n) is 13.3. The number of carbonyl (C=O) groups is 3. The number of fused-ring (bicyclic) bond motifs is 3. The molecule has 5 rings (SSSR count). The maximum Gasteiger partial charge on any atom is 0.203 e. The minimum absolute atomic E-state index is 0.106. The smallest absolute Gasteiger partial charge is 0.203 e. The highest BCUT2D eigenvalue weighted by molar-refractivity contribution is 6.24. The summed E-state index contributed by atoms with van der Waals surface area (Å²) in [6, 6.07) is 11.1. The van der Waals surface area contributed by atoms with Crippen molar-refractivity contribution < 1.29 is 34.8 Å². The van der Waals surface area contributed by atoms with E-state index in [-0.39, 0.29) is 16.9 Å². The molecule has 0 spiro atoms. The molecule has 42 heavy (non-hydrogen) atoms. The predicted octanol–water partition coefficient (Wildman–Crippen LogP) is 5.84. The van der Waals surface area contributed by atoms with Gasteiger partial charge in [0.05, 0.1) is 5.56 Å². The number of benzene rings is 2. The Balaban J connectivity index is 1.89. The molecule has 4 N–H and O–H groups in total. The summed E-state index contributed by atoms with van der Waals surface area (Å²) < 4.78 is 0. The monoisotopic (exact) mass is 572 g/mol. The van der Waals surface area contributed by atoms with E-state index in [1.807, 2.05) is 45.9 Å². The SMILES string of the molecule is CC(=O)C1=C(O)[C@]2(O)C(=O)C3=C(O)c4c(O)cccc4[C@@H](Cc4ccc(C)c(C)c4)[C@]3(C)[C@@H](C)[C@]2(C)C(C(C)C)C1=O. The Morgan fingerprint density at radius 3 is 2.21 bits per heavy atom. The Labute approximate surface area is 246 Å². The third-order valence-corrected chi connectivity index (χ3v) is 11.1. The second-order valence-corrected chi connectivity index (χ2v) is 13.3. The zero-order valence-electron chi connectivity index (χ0n) is 25.5. The van der Waals surface area contributed by atoms with Gasteiger partial charge in [0.1, 0.15) is 22.8 Å². The first-order chi connectivity index (χ1) is 19.5. The molecular formula is C35H40O7. The van der Waals surface area contributed by atoms with Crippen LogP contribution in [0.1, 0.15) is 75.3 Å². The van der Waals surface area contributed by atoms with Crippen LogP contribution in [0.25, 0.3) is 5.76 Å². The van der Waals surface area contributed by atoms with E-state index in [0.29, 0.717) is 12.0 Å². The molecule has 0 aliphatic heterocycles. The van der Waals surface area contributed by atoms with Crippen molar-refractivity contribution in [3.63, 3.8) is 0 Å². The number of aliphatic hydroxyl groups excluding tert-OH is 2. The largest absolute Gasteiger partial charge is 0.508 e. The summed E-state index contributed by atoms with van der Waals surface area (Å²) in [6.45, 7) is 14.1. The highest BCUT2D eigenvalue weighted by Crippen LogP contribution is 2.70. The highest BCUT2D eigenvalue weighted by Gasteiger charge is 2.76. The number of phenols is 1. The third-order valence-electron chi connectivity index (χ3n) is 11.1. The first-order valence-electron chi connectivity index (χ1n) is 14.5. The summed E-state index contributed by atoms with van der Waals surface area (Å²) in [5, 5.41) is 46.7. The number of Topliss-reactive ketones (excluding diaryl/α,β-unsaturated/α-hetero) is 3. The zero-order chi connectivity index (χ0) is 31.3. The van der Waals surface area contributed by atoms with E-state index in [4.69, 9.17) is 0 Å². The van der Waals surface area contributed by atoms with Crippen molar-refractivity contribution in [2.24, 2.45) is 28.6 Å². The quantitative estimate of drug-likeness (QED) is 0.339. The standard InChI is InChI=1S/C35H40O7/c1-16(2)27-29(38)25(19(5)36)31(40)35(42)32(41)28-30(39)26-22(10-9-11-24(26)37)23(33(28,7)20(6)34(27,35)8)15-21-13-12-17(3)18(4)14-21/h9-14,16,20,23,27,37,39-40,42H,15H2,1-8H3/t20-,23-,27?,33+,34-,35+/m1/s1. The molecule has 2 aromatic carbocycles. The average Bonchev–Trinajstić information content (AvgIpc) is 2.90. The van der Waals surface area contributed by atoms with Crippen molar-refractivity contribution in [1.29, 1.82) is 0 Å². The number of phenolic OH excluding ortho intramolecular Hbond substituents is 1. The Morgan fingerprint density at radius 1 is 1.00 bits per heavy atom. The summed E-state index contributed by atoms with van der Waals surface area (Å²) >= 11 is 0. The molecule has 0 aromatic heterocycles. The number of ketones is 3. The molecule has 1 unspecified atom stereocenters. The van der Waals surface area contributed by atoms with E-state index in [1.165, 1.54) is 6.07 Å². The number of carbonyl (C=O) groups excluding carboxylic acids is 3. The van der Waals surface area contributed by atoms with Crippen LogP contribution in [0.4, 0.5) is 0 Å². The van der Waals surface area contributed by atoms with Crippen molar-refractivity contribution in [2.75, 3.05) is 0 Å². The highest BCUT2D eigenvalue weighted by atomic mass is 16.3.